The molecule has 24 heavy (non-hydrogen) atoms. The number of aryl methyl sites for hydroxylation is 1. The highest BCUT2D eigenvalue weighted by atomic mass is 16.6. The first-order valence-corrected chi connectivity index (χ1v) is 7.82. The Kier molecular flexibility index (Phi) is 3.30. The van der Waals surface area contributed by atoms with Crippen LogP contribution in [0.15, 0.2) is 48.5 Å². The Hall–Kier alpha value is -3.15. The fourth-order valence-electron chi connectivity index (χ4n) is 3.09. The lowest BCUT2D eigenvalue weighted by Gasteiger charge is -2.06. The monoisotopic (exact) mass is 320 g/mol. The van der Waals surface area contributed by atoms with E-state index in [1.54, 1.807) is 22.9 Å². The highest BCUT2D eigenvalue weighted by molar-refractivity contribution is 5.74. The summed E-state index contributed by atoms with van der Waals surface area (Å²) in [7, 11) is 0. The third kappa shape index (κ3) is 2.23. The van der Waals surface area contributed by atoms with Gasteiger partial charge in [-0.1, -0.05) is 42.0 Å². The summed E-state index contributed by atoms with van der Waals surface area (Å²) < 4.78 is 1.66. The molecular weight excluding hydrogens is 304 g/mol. The van der Waals surface area contributed by atoms with E-state index in [4.69, 9.17) is 5.10 Å². The normalized spacial score (nSPS) is 12.7. The van der Waals surface area contributed by atoms with E-state index in [-0.39, 0.29) is 10.6 Å². The molecule has 1 aliphatic rings. The largest absolute Gasteiger partial charge is 0.369 e. The molecule has 0 unspecified atom stereocenters. The van der Waals surface area contributed by atoms with Crippen LogP contribution < -0.4 is 5.32 Å². The Morgan fingerprint density at radius 2 is 1.92 bits per heavy atom. The Balaban J connectivity index is 1.92. The second-order valence-electron chi connectivity index (χ2n) is 5.88. The van der Waals surface area contributed by atoms with Crippen LogP contribution in [0.25, 0.3) is 16.9 Å². The summed E-state index contributed by atoms with van der Waals surface area (Å²) in [4.78, 5) is 11.0. The van der Waals surface area contributed by atoms with Crippen molar-refractivity contribution in [1.29, 1.82) is 0 Å². The van der Waals surface area contributed by atoms with Crippen molar-refractivity contribution in [2.75, 3.05) is 11.9 Å². The zero-order valence-corrected chi connectivity index (χ0v) is 13.2. The quantitative estimate of drug-likeness (QED) is 0.589. The van der Waals surface area contributed by atoms with E-state index in [2.05, 4.69) is 5.32 Å². The van der Waals surface area contributed by atoms with Gasteiger partial charge in [-0.05, 0) is 19.4 Å². The van der Waals surface area contributed by atoms with E-state index in [1.807, 2.05) is 31.2 Å². The average Bonchev–Trinajstić information content (AvgIpc) is 3.18. The summed E-state index contributed by atoms with van der Waals surface area (Å²) in [6.45, 7) is 2.86. The molecule has 1 N–H and O–H groups in total. The summed E-state index contributed by atoms with van der Waals surface area (Å²) in [6, 6.07) is 14.9. The number of anilines is 1. The highest BCUT2D eigenvalue weighted by Crippen LogP contribution is 2.36. The smallest absolute Gasteiger partial charge is 0.294 e. The number of benzene rings is 2. The van der Waals surface area contributed by atoms with E-state index < -0.39 is 0 Å². The molecule has 4 rings (SSSR count). The Morgan fingerprint density at radius 1 is 1.17 bits per heavy atom. The molecule has 1 aromatic heterocycles. The molecule has 0 bridgehead atoms. The lowest BCUT2D eigenvalue weighted by molar-refractivity contribution is -0.384. The Morgan fingerprint density at radius 3 is 2.67 bits per heavy atom. The van der Waals surface area contributed by atoms with E-state index >= 15 is 0 Å². The zero-order valence-electron chi connectivity index (χ0n) is 13.2. The van der Waals surface area contributed by atoms with Crippen LogP contribution in [0.1, 0.15) is 11.1 Å². The number of nitro groups is 1. The van der Waals surface area contributed by atoms with Crippen molar-refractivity contribution in [3.8, 4) is 16.9 Å². The van der Waals surface area contributed by atoms with Crippen LogP contribution in [0.3, 0.4) is 0 Å². The summed E-state index contributed by atoms with van der Waals surface area (Å²) >= 11 is 0. The van der Waals surface area contributed by atoms with Gasteiger partial charge in [-0.15, -0.1) is 0 Å². The van der Waals surface area contributed by atoms with Crippen LogP contribution in [0.4, 0.5) is 11.5 Å². The summed E-state index contributed by atoms with van der Waals surface area (Å²) in [5, 5.41) is 19.4. The van der Waals surface area contributed by atoms with Crippen LogP contribution in [0, 0.1) is 17.0 Å². The number of nitro benzene ring substituents is 1. The zero-order chi connectivity index (χ0) is 16.7. The first-order valence-electron chi connectivity index (χ1n) is 7.82. The van der Waals surface area contributed by atoms with Crippen LogP contribution in [-0.2, 0) is 6.42 Å². The minimum absolute atomic E-state index is 0.0481. The predicted molar refractivity (Wildman–Crippen MR) is 92.6 cm³/mol. The molecule has 6 heteroatoms. The average molecular weight is 320 g/mol. The van der Waals surface area contributed by atoms with Crippen molar-refractivity contribution >= 4 is 11.5 Å². The van der Waals surface area contributed by atoms with Crippen molar-refractivity contribution in [3.63, 3.8) is 0 Å². The molecule has 3 aromatic rings. The van der Waals surface area contributed by atoms with Crippen molar-refractivity contribution in [2.24, 2.45) is 0 Å². The summed E-state index contributed by atoms with van der Waals surface area (Å²) in [5.41, 5.74) is 4.73. The number of nitrogens with zero attached hydrogens (tertiary/aromatic N) is 3. The van der Waals surface area contributed by atoms with Crippen LogP contribution in [0.2, 0.25) is 0 Å². The Bertz CT molecular complexity index is 929. The van der Waals surface area contributed by atoms with Gasteiger partial charge in [0.1, 0.15) is 11.5 Å². The van der Waals surface area contributed by atoms with Crippen molar-refractivity contribution < 1.29 is 4.92 Å². The van der Waals surface area contributed by atoms with E-state index in [9.17, 15) is 10.1 Å². The Labute approximate surface area is 138 Å². The molecule has 0 spiro atoms. The maximum absolute atomic E-state index is 11.4. The number of rotatable bonds is 3. The lowest BCUT2D eigenvalue weighted by atomic mass is 10.1. The molecule has 0 radical (unpaired) electrons. The number of fused-ring (bicyclic) bond motifs is 1. The van der Waals surface area contributed by atoms with Gasteiger partial charge in [-0.25, -0.2) is 4.68 Å². The molecule has 0 amide bonds. The van der Waals surface area contributed by atoms with Gasteiger partial charge < -0.3 is 5.32 Å². The third-order valence-electron chi connectivity index (χ3n) is 4.28. The molecule has 0 aliphatic carbocycles. The van der Waals surface area contributed by atoms with Gasteiger partial charge in [0.05, 0.1) is 10.6 Å². The maximum Gasteiger partial charge on any atom is 0.294 e. The molecular formula is C18H16N4O2. The molecule has 0 fully saturated rings. The van der Waals surface area contributed by atoms with Crippen molar-refractivity contribution in [3.05, 3.63) is 69.8 Å². The van der Waals surface area contributed by atoms with Gasteiger partial charge in [0.2, 0.25) is 0 Å². The number of hydrogen-bond donors (Lipinski definition) is 1. The van der Waals surface area contributed by atoms with Gasteiger partial charge in [0.25, 0.3) is 5.69 Å². The molecule has 0 atom stereocenters. The maximum atomic E-state index is 11.4. The standard InChI is InChI=1S/C18H16N4O2/c1-12-6-8-13(9-7-12)17-14-10-11-19-18(14)21(20-17)15-4-2-3-5-16(15)22(23)24/h2-9,19H,10-11H2,1H3. The van der Waals surface area contributed by atoms with E-state index in [1.165, 1.54) is 11.6 Å². The fourth-order valence-corrected chi connectivity index (χ4v) is 3.09. The molecule has 2 aromatic carbocycles. The predicted octanol–water partition coefficient (Wildman–Crippen LogP) is 3.72. The molecule has 0 saturated carbocycles. The number of aromatic nitrogens is 2. The minimum Gasteiger partial charge on any atom is -0.369 e. The summed E-state index contributed by atoms with van der Waals surface area (Å²) in [5.74, 6) is 0.847. The minimum atomic E-state index is -0.371. The highest BCUT2D eigenvalue weighted by Gasteiger charge is 2.26. The van der Waals surface area contributed by atoms with E-state index in [0.717, 1.165) is 35.6 Å². The van der Waals surface area contributed by atoms with Gasteiger partial charge in [0.15, 0.2) is 0 Å². The second-order valence-corrected chi connectivity index (χ2v) is 5.88. The number of nitrogens with one attached hydrogen (secondary N) is 1. The van der Waals surface area contributed by atoms with Crippen molar-refractivity contribution in [2.45, 2.75) is 13.3 Å². The number of para-hydroxylation sites is 2. The molecule has 0 saturated heterocycles. The van der Waals surface area contributed by atoms with Crippen LogP contribution >= 0.6 is 0 Å². The van der Waals surface area contributed by atoms with Gasteiger partial charge in [-0.3, -0.25) is 10.1 Å². The van der Waals surface area contributed by atoms with Gasteiger partial charge >= 0.3 is 0 Å². The molecule has 120 valence electrons. The van der Waals surface area contributed by atoms with Crippen molar-refractivity contribution in [1.82, 2.24) is 9.78 Å². The molecule has 6 nitrogen and oxygen atoms in total. The fraction of sp³-hybridized carbons (Fsp3) is 0.167. The first-order chi connectivity index (χ1) is 11.6. The second kappa shape index (κ2) is 5.49. The summed E-state index contributed by atoms with van der Waals surface area (Å²) in [6.07, 6.45) is 0.860. The topological polar surface area (TPSA) is 73.0 Å². The lowest BCUT2D eigenvalue weighted by Crippen LogP contribution is -2.06. The number of hydrogen-bond acceptors (Lipinski definition) is 4. The first kappa shape index (κ1) is 14.4. The molecule has 2 heterocycles. The van der Waals surface area contributed by atoms with Crippen LogP contribution in [0.5, 0.6) is 0 Å². The van der Waals surface area contributed by atoms with Gasteiger partial charge in [0, 0.05) is 23.7 Å². The third-order valence-corrected chi connectivity index (χ3v) is 4.28. The van der Waals surface area contributed by atoms with E-state index in [0.29, 0.717) is 5.69 Å². The SMILES string of the molecule is Cc1ccc(-c2nn(-c3ccccc3[N+](=O)[O-])c3c2CCN3)cc1. The van der Waals surface area contributed by atoms with Crippen LogP contribution in [-0.4, -0.2) is 21.2 Å². The van der Waals surface area contributed by atoms with Gasteiger partial charge in [-0.2, -0.15) is 5.10 Å². The molecule has 1 aliphatic heterocycles.